The summed E-state index contributed by atoms with van der Waals surface area (Å²) in [6.45, 7) is 1.71. The van der Waals surface area contributed by atoms with Gasteiger partial charge < -0.3 is 11.1 Å². The third-order valence-corrected chi connectivity index (χ3v) is 2.49. The van der Waals surface area contributed by atoms with E-state index < -0.39 is 29.3 Å². The number of nitrogens with two attached hydrogens (primary N) is 1. The summed E-state index contributed by atoms with van der Waals surface area (Å²) in [5, 5.41) is 2.12. The van der Waals surface area contributed by atoms with E-state index in [1.54, 1.807) is 6.92 Å². The van der Waals surface area contributed by atoms with Gasteiger partial charge in [-0.1, -0.05) is 22.9 Å². The van der Waals surface area contributed by atoms with Crippen LogP contribution in [0.4, 0.5) is 14.5 Å². The van der Waals surface area contributed by atoms with E-state index in [0.717, 1.165) is 12.1 Å². The SMILES string of the molecule is CC[C@@H](N)C(=O)Nc1c(F)cc(Br)cc1F. The molecule has 0 aromatic heterocycles. The van der Waals surface area contributed by atoms with Gasteiger partial charge in [-0.05, 0) is 18.6 Å². The van der Waals surface area contributed by atoms with Gasteiger partial charge in [-0.15, -0.1) is 0 Å². The quantitative estimate of drug-likeness (QED) is 0.899. The van der Waals surface area contributed by atoms with Gasteiger partial charge in [-0.3, -0.25) is 4.79 Å². The molecule has 6 heteroatoms. The van der Waals surface area contributed by atoms with E-state index >= 15 is 0 Å². The molecule has 1 rings (SSSR count). The summed E-state index contributed by atoms with van der Waals surface area (Å²) in [6, 6.07) is 1.36. The van der Waals surface area contributed by atoms with Crippen molar-refractivity contribution in [2.75, 3.05) is 5.32 Å². The normalized spacial score (nSPS) is 12.3. The predicted octanol–water partition coefficient (Wildman–Crippen LogP) is 2.40. The lowest BCUT2D eigenvalue weighted by atomic mass is 10.2. The number of carbonyl (C=O) groups is 1. The number of hydrogen-bond acceptors (Lipinski definition) is 2. The summed E-state index contributed by atoms with van der Waals surface area (Å²) < 4.78 is 26.9. The Balaban J connectivity index is 2.93. The molecule has 1 aromatic rings. The molecule has 16 heavy (non-hydrogen) atoms. The number of nitrogens with one attached hydrogen (secondary N) is 1. The fraction of sp³-hybridized carbons (Fsp3) is 0.300. The molecule has 0 aliphatic rings. The van der Waals surface area contributed by atoms with Gasteiger partial charge in [0, 0.05) is 4.47 Å². The van der Waals surface area contributed by atoms with Crippen molar-refractivity contribution >= 4 is 27.5 Å². The van der Waals surface area contributed by atoms with Gasteiger partial charge in [0.25, 0.3) is 0 Å². The summed E-state index contributed by atoms with van der Waals surface area (Å²) in [5.41, 5.74) is 4.95. The molecule has 0 saturated heterocycles. The minimum absolute atomic E-state index is 0.264. The van der Waals surface area contributed by atoms with Crippen LogP contribution in [0.25, 0.3) is 0 Å². The summed E-state index contributed by atoms with van der Waals surface area (Å²) in [7, 11) is 0. The van der Waals surface area contributed by atoms with E-state index in [-0.39, 0.29) is 4.47 Å². The molecule has 0 unspecified atom stereocenters. The number of benzene rings is 1. The number of amides is 1. The molecule has 1 aromatic carbocycles. The molecule has 1 atom stereocenters. The zero-order valence-electron chi connectivity index (χ0n) is 8.56. The van der Waals surface area contributed by atoms with Crippen molar-refractivity contribution in [1.82, 2.24) is 0 Å². The van der Waals surface area contributed by atoms with Crippen molar-refractivity contribution in [3.63, 3.8) is 0 Å². The second kappa shape index (κ2) is 5.36. The molecule has 0 fully saturated rings. The molecule has 0 saturated carbocycles. The predicted molar refractivity (Wildman–Crippen MR) is 61.0 cm³/mol. The van der Waals surface area contributed by atoms with Gasteiger partial charge in [0.15, 0.2) is 11.6 Å². The summed E-state index contributed by atoms with van der Waals surface area (Å²) in [4.78, 5) is 11.4. The van der Waals surface area contributed by atoms with Gasteiger partial charge in [0.05, 0.1) is 6.04 Å². The highest BCUT2D eigenvalue weighted by molar-refractivity contribution is 9.10. The minimum Gasteiger partial charge on any atom is -0.320 e. The lowest BCUT2D eigenvalue weighted by Gasteiger charge is -2.11. The molecule has 0 spiro atoms. The molecule has 3 N–H and O–H groups in total. The fourth-order valence-corrected chi connectivity index (χ4v) is 1.46. The first kappa shape index (κ1) is 13.1. The number of anilines is 1. The van der Waals surface area contributed by atoms with E-state index in [0.29, 0.717) is 6.42 Å². The van der Waals surface area contributed by atoms with Gasteiger partial charge in [0.2, 0.25) is 5.91 Å². The van der Waals surface area contributed by atoms with Crippen molar-refractivity contribution in [2.45, 2.75) is 19.4 Å². The third-order valence-electron chi connectivity index (χ3n) is 2.03. The zero-order chi connectivity index (χ0) is 12.3. The van der Waals surface area contributed by atoms with E-state index in [4.69, 9.17) is 5.73 Å². The molecule has 0 heterocycles. The first-order valence-corrected chi connectivity index (χ1v) is 5.46. The van der Waals surface area contributed by atoms with Gasteiger partial charge in [-0.25, -0.2) is 8.78 Å². The molecule has 3 nitrogen and oxygen atoms in total. The van der Waals surface area contributed by atoms with Crippen molar-refractivity contribution in [1.29, 1.82) is 0 Å². The maximum absolute atomic E-state index is 13.3. The zero-order valence-corrected chi connectivity index (χ0v) is 10.1. The van der Waals surface area contributed by atoms with Crippen LogP contribution in [0.5, 0.6) is 0 Å². The lowest BCUT2D eigenvalue weighted by molar-refractivity contribution is -0.117. The third kappa shape index (κ3) is 2.99. The Bertz CT molecular complexity index is 389. The lowest BCUT2D eigenvalue weighted by Crippen LogP contribution is -2.35. The van der Waals surface area contributed by atoms with Gasteiger partial charge >= 0.3 is 0 Å². The van der Waals surface area contributed by atoms with Crippen LogP contribution in [-0.2, 0) is 4.79 Å². The summed E-state index contributed by atoms with van der Waals surface area (Å²) in [5.74, 6) is -2.30. The Labute approximate surface area is 100 Å². The first-order chi connectivity index (χ1) is 7.45. The maximum Gasteiger partial charge on any atom is 0.241 e. The van der Waals surface area contributed by atoms with Crippen molar-refractivity contribution < 1.29 is 13.6 Å². The van der Waals surface area contributed by atoms with Gasteiger partial charge in [-0.2, -0.15) is 0 Å². The van der Waals surface area contributed by atoms with Gasteiger partial charge in [0.1, 0.15) is 5.69 Å². The van der Waals surface area contributed by atoms with Crippen molar-refractivity contribution in [3.05, 3.63) is 28.2 Å². The largest absolute Gasteiger partial charge is 0.320 e. The van der Waals surface area contributed by atoms with Crippen LogP contribution in [0.2, 0.25) is 0 Å². The van der Waals surface area contributed by atoms with Crippen LogP contribution < -0.4 is 11.1 Å². The molecule has 1 amide bonds. The van der Waals surface area contributed by atoms with E-state index in [2.05, 4.69) is 21.2 Å². The summed E-state index contributed by atoms with van der Waals surface area (Å²) in [6.07, 6.45) is 0.394. The van der Waals surface area contributed by atoms with Crippen LogP contribution in [0.15, 0.2) is 16.6 Å². The van der Waals surface area contributed by atoms with Crippen LogP contribution in [0, 0.1) is 11.6 Å². The van der Waals surface area contributed by atoms with Crippen LogP contribution >= 0.6 is 15.9 Å². The highest BCUT2D eigenvalue weighted by atomic mass is 79.9. The molecular weight excluding hydrogens is 282 g/mol. The van der Waals surface area contributed by atoms with Crippen molar-refractivity contribution in [3.8, 4) is 0 Å². The number of hydrogen-bond donors (Lipinski definition) is 2. The Morgan fingerprint density at radius 3 is 2.44 bits per heavy atom. The van der Waals surface area contributed by atoms with Crippen molar-refractivity contribution in [2.24, 2.45) is 5.73 Å². The van der Waals surface area contributed by atoms with E-state index in [1.165, 1.54) is 0 Å². The van der Waals surface area contributed by atoms with Crippen LogP contribution in [-0.4, -0.2) is 11.9 Å². The average Bonchev–Trinajstić information content (AvgIpc) is 2.21. The van der Waals surface area contributed by atoms with E-state index in [1.807, 2.05) is 0 Å². The van der Waals surface area contributed by atoms with Crippen LogP contribution in [0.1, 0.15) is 13.3 Å². The molecule has 0 aliphatic carbocycles. The second-order valence-corrected chi connectivity index (χ2v) is 4.16. The first-order valence-electron chi connectivity index (χ1n) is 4.66. The molecule has 0 radical (unpaired) electrons. The monoisotopic (exact) mass is 292 g/mol. The smallest absolute Gasteiger partial charge is 0.241 e. The Hall–Kier alpha value is -1.01. The highest BCUT2D eigenvalue weighted by Crippen LogP contribution is 2.23. The minimum atomic E-state index is -0.844. The number of carbonyl (C=O) groups excluding carboxylic acids is 1. The topological polar surface area (TPSA) is 55.1 Å². The van der Waals surface area contributed by atoms with Crippen LogP contribution in [0.3, 0.4) is 0 Å². The Kier molecular flexibility index (Phi) is 4.37. The fourth-order valence-electron chi connectivity index (χ4n) is 1.06. The summed E-state index contributed by atoms with van der Waals surface area (Å²) >= 11 is 2.94. The maximum atomic E-state index is 13.3. The molecular formula is C10H11BrF2N2O. The molecule has 0 bridgehead atoms. The number of rotatable bonds is 3. The Morgan fingerprint density at radius 1 is 1.50 bits per heavy atom. The Morgan fingerprint density at radius 2 is 2.00 bits per heavy atom. The second-order valence-electron chi connectivity index (χ2n) is 3.25. The number of halogens is 3. The molecule has 88 valence electrons. The highest BCUT2D eigenvalue weighted by Gasteiger charge is 2.17. The molecule has 0 aliphatic heterocycles. The average molecular weight is 293 g/mol. The standard InChI is InChI=1S/C10H11BrF2N2O/c1-2-8(14)10(16)15-9-6(12)3-5(11)4-7(9)13/h3-4,8H,2,14H2,1H3,(H,15,16)/t8-/m1/s1. The van der Waals surface area contributed by atoms with E-state index in [9.17, 15) is 13.6 Å².